The molecule has 2 aromatic rings. The van der Waals surface area contributed by atoms with Gasteiger partial charge in [-0.15, -0.1) is 11.3 Å². The van der Waals surface area contributed by atoms with Crippen LogP contribution in [0.5, 0.6) is 0 Å². The third kappa shape index (κ3) is 2.99. The molecule has 0 aliphatic heterocycles. The van der Waals surface area contributed by atoms with Crippen molar-refractivity contribution in [1.82, 2.24) is 0 Å². The van der Waals surface area contributed by atoms with Crippen molar-refractivity contribution in [3.63, 3.8) is 0 Å². The van der Waals surface area contributed by atoms with Crippen LogP contribution in [0.4, 0.5) is 0 Å². The average Bonchev–Trinajstić information content (AvgIpc) is 2.74. The normalized spacial score (nSPS) is 13.9. The van der Waals surface area contributed by atoms with Gasteiger partial charge in [-0.25, -0.2) is 0 Å². The summed E-state index contributed by atoms with van der Waals surface area (Å²) in [5.74, 6) is 0. The van der Waals surface area contributed by atoms with Crippen LogP contribution in [0.25, 0.3) is 0 Å². The molecular weight excluding hydrogens is 310 g/mol. The van der Waals surface area contributed by atoms with Crippen molar-refractivity contribution in [2.75, 3.05) is 0 Å². The van der Waals surface area contributed by atoms with Crippen molar-refractivity contribution in [2.24, 2.45) is 0 Å². The molecule has 18 heavy (non-hydrogen) atoms. The number of hydrogen-bond acceptors (Lipinski definition) is 3. The number of rotatable bonds is 3. The quantitative estimate of drug-likeness (QED) is 0.933. The molecule has 4 heteroatoms. The van der Waals surface area contributed by atoms with Crippen LogP contribution in [-0.4, -0.2) is 5.11 Å². The smallest absolute Gasteiger partial charge is 0.0991 e. The van der Waals surface area contributed by atoms with Gasteiger partial charge in [0.05, 0.1) is 17.2 Å². The number of thiophene rings is 1. The highest BCUT2D eigenvalue weighted by atomic mass is 79.9. The second-order valence-electron chi connectivity index (χ2n) is 4.37. The van der Waals surface area contributed by atoms with E-state index in [1.807, 2.05) is 11.4 Å². The van der Waals surface area contributed by atoms with E-state index in [2.05, 4.69) is 22.0 Å². The fourth-order valence-electron chi connectivity index (χ4n) is 1.79. The highest BCUT2D eigenvalue weighted by molar-refractivity contribution is 9.10. The Morgan fingerprint density at radius 2 is 2.06 bits per heavy atom. The van der Waals surface area contributed by atoms with E-state index in [1.165, 1.54) is 0 Å². The monoisotopic (exact) mass is 321 g/mol. The number of benzene rings is 1. The summed E-state index contributed by atoms with van der Waals surface area (Å²) in [5.41, 5.74) is 0.512. The lowest BCUT2D eigenvalue weighted by molar-refractivity contribution is 0.0585. The maximum atomic E-state index is 10.5. The van der Waals surface area contributed by atoms with Crippen LogP contribution in [0.2, 0.25) is 0 Å². The first-order valence-electron chi connectivity index (χ1n) is 5.47. The van der Waals surface area contributed by atoms with Crippen LogP contribution in [0, 0.1) is 11.3 Å². The van der Waals surface area contributed by atoms with Gasteiger partial charge in [-0.3, -0.25) is 0 Å². The number of halogens is 1. The SMILES string of the molecule is CC(O)(Cc1cc(Br)cs1)c1ccc(C#N)cc1. The zero-order valence-electron chi connectivity index (χ0n) is 9.85. The van der Waals surface area contributed by atoms with E-state index in [9.17, 15) is 5.11 Å². The summed E-state index contributed by atoms with van der Waals surface area (Å²) in [6.45, 7) is 1.79. The largest absolute Gasteiger partial charge is 0.385 e. The van der Waals surface area contributed by atoms with Gasteiger partial charge >= 0.3 is 0 Å². The minimum absolute atomic E-state index is 0.565. The molecule has 1 aromatic heterocycles. The van der Waals surface area contributed by atoms with Gasteiger partial charge in [0.1, 0.15) is 0 Å². The molecule has 0 spiro atoms. The molecule has 1 N–H and O–H groups in total. The van der Waals surface area contributed by atoms with Gasteiger partial charge < -0.3 is 5.11 Å². The van der Waals surface area contributed by atoms with Crippen molar-refractivity contribution in [1.29, 1.82) is 5.26 Å². The van der Waals surface area contributed by atoms with Crippen LogP contribution in [0.15, 0.2) is 40.2 Å². The van der Waals surface area contributed by atoms with E-state index < -0.39 is 5.60 Å². The molecule has 1 unspecified atom stereocenters. The Balaban J connectivity index is 2.21. The lowest BCUT2D eigenvalue weighted by Gasteiger charge is -2.23. The molecule has 2 nitrogen and oxygen atoms in total. The van der Waals surface area contributed by atoms with Crippen LogP contribution in [0.3, 0.4) is 0 Å². The number of aliphatic hydroxyl groups is 1. The van der Waals surface area contributed by atoms with E-state index in [4.69, 9.17) is 5.26 Å². The highest BCUT2D eigenvalue weighted by Crippen LogP contribution is 2.29. The topological polar surface area (TPSA) is 44.0 Å². The first-order valence-corrected chi connectivity index (χ1v) is 7.14. The molecule has 0 saturated heterocycles. The molecule has 0 radical (unpaired) electrons. The second kappa shape index (κ2) is 5.23. The molecule has 0 amide bonds. The molecule has 1 atom stereocenters. The van der Waals surface area contributed by atoms with Crippen molar-refractivity contribution in [3.05, 3.63) is 56.2 Å². The van der Waals surface area contributed by atoms with E-state index in [1.54, 1.807) is 42.5 Å². The first kappa shape index (κ1) is 13.3. The Hall–Kier alpha value is -1.15. The Bertz CT molecular complexity index is 581. The van der Waals surface area contributed by atoms with Gasteiger partial charge in [-0.2, -0.15) is 5.26 Å². The van der Waals surface area contributed by atoms with Crippen molar-refractivity contribution in [2.45, 2.75) is 18.9 Å². The fraction of sp³-hybridized carbons (Fsp3) is 0.214. The maximum Gasteiger partial charge on any atom is 0.0991 e. The summed E-state index contributed by atoms with van der Waals surface area (Å²) >= 11 is 5.03. The molecule has 0 aliphatic carbocycles. The maximum absolute atomic E-state index is 10.5. The summed E-state index contributed by atoms with van der Waals surface area (Å²) in [7, 11) is 0. The van der Waals surface area contributed by atoms with E-state index in [0.717, 1.165) is 14.9 Å². The summed E-state index contributed by atoms with van der Waals surface area (Å²) in [4.78, 5) is 1.12. The molecule has 1 heterocycles. The van der Waals surface area contributed by atoms with E-state index in [0.29, 0.717) is 12.0 Å². The standard InChI is InChI=1S/C14H12BrNOS/c1-14(17,7-13-6-12(15)9-18-13)11-4-2-10(8-16)3-5-11/h2-6,9,17H,7H2,1H3. The molecule has 0 fully saturated rings. The van der Waals surface area contributed by atoms with Gasteiger partial charge in [0.25, 0.3) is 0 Å². The van der Waals surface area contributed by atoms with Gasteiger partial charge in [-0.05, 0) is 46.6 Å². The third-order valence-electron chi connectivity index (χ3n) is 2.78. The second-order valence-corrected chi connectivity index (χ2v) is 6.28. The predicted molar refractivity (Wildman–Crippen MR) is 76.5 cm³/mol. The summed E-state index contributed by atoms with van der Waals surface area (Å²) in [6, 6.07) is 11.2. The molecule has 92 valence electrons. The Morgan fingerprint density at radius 1 is 1.39 bits per heavy atom. The first-order chi connectivity index (χ1) is 8.51. The van der Waals surface area contributed by atoms with Crippen LogP contribution in [0.1, 0.15) is 22.9 Å². The summed E-state index contributed by atoms with van der Waals surface area (Å²) in [5, 5.41) is 21.3. The van der Waals surface area contributed by atoms with Gasteiger partial charge in [-0.1, -0.05) is 12.1 Å². The lowest BCUT2D eigenvalue weighted by atomic mass is 9.91. The molecule has 0 bridgehead atoms. The van der Waals surface area contributed by atoms with E-state index >= 15 is 0 Å². The lowest BCUT2D eigenvalue weighted by Crippen LogP contribution is -2.23. The molecule has 2 rings (SSSR count). The Morgan fingerprint density at radius 3 is 2.56 bits per heavy atom. The van der Waals surface area contributed by atoms with Crippen molar-refractivity contribution < 1.29 is 5.11 Å². The van der Waals surface area contributed by atoms with Crippen LogP contribution in [-0.2, 0) is 12.0 Å². The van der Waals surface area contributed by atoms with Crippen LogP contribution < -0.4 is 0 Å². The van der Waals surface area contributed by atoms with Crippen LogP contribution >= 0.6 is 27.3 Å². The van der Waals surface area contributed by atoms with Gasteiger partial charge in [0.2, 0.25) is 0 Å². The minimum atomic E-state index is -0.918. The molecule has 0 aliphatic rings. The van der Waals surface area contributed by atoms with Crippen molar-refractivity contribution in [3.8, 4) is 6.07 Å². The van der Waals surface area contributed by atoms with Gasteiger partial charge in [0, 0.05) is 21.2 Å². The molecule has 0 saturated carbocycles. The number of nitrogens with zero attached hydrogens (tertiary/aromatic N) is 1. The summed E-state index contributed by atoms with van der Waals surface area (Å²) in [6.07, 6.45) is 0.565. The van der Waals surface area contributed by atoms with Gasteiger partial charge in [0.15, 0.2) is 0 Å². The highest BCUT2D eigenvalue weighted by Gasteiger charge is 2.24. The van der Waals surface area contributed by atoms with E-state index in [-0.39, 0.29) is 0 Å². The van der Waals surface area contributed by atoms with Crippen molar-refractivity contribution >= 4 is 27.3 Å². The number of nitriles is 1. The zero-order valence-corrected chi connectivity index (χ0v) is 12.3. The third-order valence-corrected chi connectivity index (χ3v) is 4.47. The Labute approximate surface area is 119 Å². The summed E-state index contributed by atoms with van der Waals surface area (Å²) < 4.78 is 1.04. The minimum Gasteiger partial charge on any atom is -0.385 e. The Kier molecular flexibility index (Phi) is 3.86. The number of hydrogen-bond donors (Lipinski definition) is 1. The molecular formula is C14H12BrNOS. The predicted octanol–water partition coefficient (Wildman–Crippen LogP) is 3.83. The average molecular weight is 322 g/mol. The fourth-order valence-corrected chi connectivity index (χ4v) is 3.39. The zero-order chi connectivity index (χ0) is 13.2. The molecule has 1 aromatic carbocycles.